The van der Waals surface area contributed by atoms with Crippen LogP contribution in [0.25, 0.3) is 21.8 Å². The molecular formula is C28H28N4O6. The lowest BCUT2D eigenvalue weighted by Gasteiger charge is -2.16. The first kappa shape index (κ1) is 26.2. The highest BCUT2D eigenvalue weighted by atomic mass is 16.5. The molecule has 3 N–H and O–H groups in total. The molecule has 4 aromatic rings. The molecule has 1 heterocycles. The summed E-state index contributed by atoms with van der Waals surface area (Å²) in [5, 5.41) is 9.85. The van der Waals surface area contributed by atoms with Crippen LogP contribution in [-0.4, -0.2) is 50.3 Å². The molecule has 0 spiro atoms. The number of nitrogens with one attached hydrogen (secondary N) is 3. The molecule has 1 aromatic heterocycles. The molecule has 0 saturated carbocycles. The van der Waals surface area contributed by atoms with Crippen molar-refractivity contribution in [2.75, 3.05) is 37.9 Å². The highest BCUT2D eigenvalue weighted by Gasteiger charge is 2.18. The average molecular weight is 517 g/mol. The molecule has 0 saturated heterocycles. The highest BCUT2D eigenvalue weighted by molar-refractivity contribution is 6.15. The number of para-hydroxylation sites is 2. The van der Waals surface area contributed by atoms with Gasteiger partial charge in [-0.05, 0) is 36.8 Å². The predicted octanol–water partition coefficient (Wildman–Crippen LogP) is 4.48. The molecule has 0 aliphatic heterocycles. The van der Waals surface area contributed by atoms with Gasteiger partial charge in [-0.2, -0.15) is 0 Å². The van der Waals surface area contributed by atoms with Crippen molar-refractivity contribution in [2.45, 2.75) is 13.5 Å². The van der Waals surface area contributed by atoms with Gasteiger partial charge in [0.05, 0.1) is 30.5 Å². The first-order chi connectivity index (χ1) is 18.4. The maximum atomic E-state index is 12.7. The summed E-state index contributed by atoms with van der Waals surface area (Å²) in [5.41, 5.74) is 3.30. The minimum atomic E-state index is -0.557. The van der Waals surface area contributed by atoms with Gasteiger partial charge in [0, 0.05) is 23.5 Å². The van der Waals surface area contributed by atoms with E-state index in [1.807, 2.05) is 18.2 Å². The fourth-order valence-corrected chi connectivity index (χ4v) is 4.03. The summed E-state index contributed by atoms with van der Waals surface area (Å²) in [7, 11) is 3.10. The van der Waals surface area contributed by atoms with Crippen LogP contribution < -0.4 is 20.7 Å². The van der Waals surface area contributed by atoms with Crippen LogP contribution in [0.1, 0.15) is 22.8 Å². The second-order valence-electron chi connectivity index (χ2n) is 8.18. The van der Waals surface area contributed by atoms with Crippen LogP contribution in [0.5, 0.6) is 5.75 Å². The number of benzene rings is 3. The molecule has 4 rings (SSSR count). The van der Waals surface area contributed by atoms with Crippen LogP contribution in [0.4, 0.5) is 16.2 Å². The van der Waals surface area contributed by atoms with E-state index < -0.39 is 12.1 Å². The number of carbonyl (C=O) groups excluding carboxylic acids is 3. The third kappa shape index (κ3) is 5.75. The van der Waals surface area contributed by atoms with Crippen molar-refractivity contribution >= 4 is 51.2 Å². The monoisotopic (exact) mass is 516 g/mol. The fraction of sp³-hybridized carbons (Fsp3) is 0.214. The second-order valence-corrected chi connectivity index (χ2v) is 8.18. The SMILES string of the molecule is CCOC(=O)Nc1cccc(COC(=O)CNc2c3cccc(OC)c3nc3c(C(=O)NC)cccc23)c1. The van der Waals surface area contributed by atoms with E-state index in [0.717, 1.165) is 5.39 Å². The number of anilines is 2. The minimum Gasteiger partial charge on any atom is -0.494 e. The van der Waals surface area contributed by atoms with Gasteiger partial charge in [-0.3, -0.25) is 14.9 Å². The lowest BCUT2D eigenvalue weighted by molar-refractivity contribution is -0.142. The van der Waals surface area contributed by atoms with Gasteiger partial charge in [-0.1, -0.05) is 36.4 Å². The zero-order valence-electron chi connectivity index (χ0n) is 21.3. The number of hydrogen-bond acceptors (Lipinski definition) is 8. The van der Waals surface area contributed by atoms with E-state index in [2.05, 4.69) is 16.0 Å². The molecule has 0 atom stereocenters. The molecule has 38 heavy (non-hydrogen) atoms. The summed E-state index contributed by atoms with van der Waals surface area (Å²) in [4.78, 5) is 41.6. The predicted molar refractivity (Wildman–Crippen MR) is 145 cm³/mol. The Kier molecular flexibility index (Phi) is 8.22. The fourth-order valence-electron chi connectivity index (χ4n) is 4.03. The van der Waals surface area contributed by atoms with Crippen molar-refractivity contribution in [3.05, 3.63) is 71.8 Å². The maximum Gasteiger partial charge on any atom is 0.411 e. The summed E-state index contributed by atoms with van der Waals surface area (Å²) in [6, 6.07) is 17.7. The molecule has 0 aliphatic carbocycles. The molecule has 10 heteroatoms. The van der Waals surface area contributed by atoms with Crippen molar-refractivity contribution in [3.8, 4) is 5.75 Å². The number of nitrogens with zero attached hydrogens (tertiary/aromatic N) is 1. The summed E-state index contributed by atoms with van der Waals surface area (Å²) in [6.45, 7) is 1.87. The van der Waals surface area contributed by atoms with Crippen molar-refractivity contribution < 1.29 is 28.6 Å². The van der Waals surface area contributed by atoms with E-state index in [9.17, 15) is 14.4 Å². The molecule has 0 bridgehead atoms. The summed E-state index contributed by atoms with van der Waals surface area (Å²) < 4.78 is 15.8. The zero-order chi connectivity index (χ0) is 27.1. The number of methoxy groups -OCH3 is 1. The number of ether oxygens (including phenoxy) is 3. The summed E-state index contributed by atoms with van der Waals surface area (Å²) in [6.07, 6.45) is -0.557. The van der Waals surface area contributed by atoms with Gasteiger partial charge < -0.3 is 24.8 Å². The molecule has 2 amide bonds. The van der Waals surface area contributed by atoms with Crippen LogP contribution >= 0.6 is 0 Å². The number of aromatic nitrogens is 1. The number of pyridine rings is 1. The summed E-state index contributed by atoms with van der Waals surface area (Å²) >= 11 is 0. The topological polar surface area (TPSA) is 128 Å². The minimum absolute atomic E-state index is 0.0192. The average Bonchev–Trinajstić information content (AvgIpc) is 2.93. The number of esters is 1. The van der Waals surface area contributed by atoms with E-state index in [-0.39, 0.29) is 25.7 Å². The van der Waals surface area contributed by atoms with Crippen LogP contribution in [0.2, 0.25) is 0 Å². The van der Waals surface area contributed by atoms with Crippen molar-refractivity contribution in [3.63, 3.8) is 0 Å². The van der Waals surface area contributed by atoms with Crippen molar-refractivity contribution in [1.82, 2.24) is 10.3 Å². The number of amides is 2. The number of hydrogen-bond donors (Lipinski definition) is 3. The van der Waals surface area contributed by atoms with Crippen LogP contribution in [0, 0.1) is 0 Å². The lowest BCUT2D eigenvalue weighted by Crippen LogP contribution is -2.19. The van der Waals surface area contributed by atoms with E-state index >= 15 is 0 Å². The lowest BCUT2D eigenvalue weighted by atomic mass is 10.0. The van der Waals surface area contributed by atoms with Gasteiger partial charge in [0.1, 0.15) is 24.4 Å². The molecular weight excluding hydrogens is 488 g/mol. The van der Waals surface area contributed by atoms with E-state index in [4.69, 9.17) is 19.2 Å². The first-order valence-corrected chi connectivity index (χ1v) is 12.0. The number of rotatable bonds is 9. The molecule has 0 aliphatic rings. The van der Waals surface area contributed by atoms with Gasteiger partial charge in [-0.15, -0.1) is 0 Å². The molecule has 0 fully saturated rings. The Morgan fingerprint density at radius 3 is 2.39 bits per heavy atom. The Bertz CT molecular complexity index is 1500. The van der Waals surface area contributed by atoms with Gasteiger partial charge in [0.15, 0.2) is 0 Å². The third-order valence-electron chi connectivity index (χ3n) is 5.75. The molecule has 0 radical (unpaired) electrons. The van der Waals surface area contributed by atoms with E-state index in [1.54, 1.807) is 63.5 Å². The van der Waals surface area contributed by atoms with Gasteiger partial charge in [-0.25, -0.2) is 9.78 Å². The van der Waals surface area contributed by atoms with Crippen molar-refractivity contribution in [2.24, 2.45) is 0 Å². The third-order valence-corrected chi connectivity index (χ3v) is 5.75. The van der Waals surface area contributed by atoms with E-state index in [0.29, 0.717) is 44.7 Å². The normalized spacial score (nSPS) is 10.6. The van der Waals surface area contributed by atoms with Gasteiger partial charge in [0.25, 0.3) is 5.91 Å². The Hall–Kier alpha value is -4.86. The van der Waals surface area contributed by atoms with Crippen LogP contribution in [0.3, 0.4) is 0 Å². The Labute approximate surface area is 219 Å². The Balaban J connectivity index is 1.55. The zero-order valence-corrected chi connectivity index (χ0v) is 21.3. The van der Waals surface area contributed by atoms with Crippen molar-refractivity contribution in [1.29, 1.82) is 0 Å². The quantitative estimate of drug-likeness (QED) is 0.219. The first-order valence-electron chi connectivity index (χ1n) is 12.0. The standard InChI is InChI=1S/C28H28N4O6/c1-4-37-28(35)31-18-9-5-8-17(14-18)16-38-23(33)15-30-24-19-10-6-12-21(27(34)29-2)25(19)32-26-20(24)11-7-13-22(26)36-3/h5-14H,4,15-16H2,1-3H3,(H,29,34)(H,30,32)(H,31,35). The molecule has 3 aromatic carbocycles. The van der Waals surface area contributed by atoms with Crippen LogP contribution in [-0.2, 0) is 20.9 Å². The van der Waals surface area contributed by atoms with Gasteiger partial charge in [0.2, 0.25) is 0 Å². The Morgan fingerprint density at radius 1 is 0.921 bits per heavy atom. The Morgan fingerprint density at radius 2 is 1.66 bits per heavy atom. The largest absolute Gasteiger partial charge is 0.494 e. The van der Waals surface area contributed by atoms with Gasteiger partial charge >= 0.3 is 12.1 Å². The molecule has 0 unspecified atom stereocenters. The highest BCUT2D eigenvalue weighted by Crippen LogP contribution is 2.36. The van der Waals surface area contributed by atoms with Crippen LogP contribution in [0.15, 0.2) is 60.7 Å². The number of carbonyl (C=O) groups is 3. The molecule has 196 valence electrons. The second kappa shape index (κ2) is 11.9. The number of fused-ring (bicyclic) bond motifs is 2. The maximum absolute atomic E-state index is 12.7. The molecule has 10 nitrogen and oxygen atoms in total. The summed E-state index contributed by atoms with van der Waals surface area (Å²) in [5.74, 6) is -0.224. The smallest absolute Gasteiger partial charge is 0.411 e. The van der Waals surface area contributed by atoms with E-state index in [1.165, 1.54) is 0 Å².